The summed E-state index contributed by atoms with van der Waals surface area (Å²) in [4.78, 5) is 16.9. The second-order valence-electron chi connectivity index (χ2n) is 8.48. The van der Waals surface area contributed by atoms with Crippen LogP contribution in [0.25, 0.3) is 21.9 Å². The summed E-state index contributed by atoms with van der Waals surface area (Å²) in [5, 5.41) is 16.2. The lowest BCUT2D eigenvalue weighted by Crippen LogP contribution is -2.10. The normalized spacial score (nSPS) is 16.1. The van der Waals surface area contributed by atoms with Crippen LogP contribution in [0.2, 0.25) is 0 Å². The molecule has 2 heterocycles. The van der Waals surface area contributed by atoms with Gasteiger partial charge in [-0.1, -0.05) is 53.9 Å². The molecule has 4 nitrogen and oxygen atoms in total. The fraction of sp³-hybridized carbons (Fsp3) is 0.0714. The van der Waals surface area contributed by atoms with Crippen molar-refractivity contribution < 1.29 is 4.92 Å². The van der Waals surface area contributed by atoms with Gasteiger partial charge >= 0.3 is 0 Å². The van der Waals surface area contributed by atoms with E-state index in [2.05, 4.69) is 71.0 Å². The van der Waals surface area contributed by atoms with Crippen molar-refractivity contribution in [3.05, 3.63) is 111 Å². The Morgan fingerprint density at radius 3 is 2.38 bits per heavy atom. The van der Waals surface area contributed by atoms with E-state index in [0.717, 1.165) is 37.8 Å². The summed E-state index contributed by atoms with van der Waals surface area (Å²) >= 11 is 3.39. The van der Waals surface area contributed by atoms with Gasteiger partial charge in [-0.2, -0.15) is 0 Å². The maximum Gasteiger partial charge on any atom is 0.270 e. The molecule has 6 rings (SSSR count). The molecule has 4 aromatic rings. The van der Waals surface area contributed by atoms with E-state index in [-0.39, 0.29) is 10.6 Å². The summed E-state index contributed by atoms with van der Waals surface area (Å²) in [5.41, 5.74) is 6.56. The van der Waals surface area contributed by atoms with E-state index in [1.807, 2.05) is 20.2 Å². The van der Waals surface area contributed by atoms with Gasteiger partial charge in [0.05, 0.1) is 4.92 Å². The average Bonchev–Trinajstić information content (AvgIpc) is 2.86. The number of fused-ring (bicyclic) bond motifs is 5. The number of nitro benzene ring substituents is 1. The van der Waals surface area contributed by atoms with Crippen molar-refractivity contribution in [2.45, 2.75) is 14.7 Å². The largest absolute Gasteiger partial charge is 0.378 e. The van der Waals surface area contributed by atoms with Gasteiger partial charge in [0.25, 0.3) is 5.69 Å². The summed E-state index contributed by atoms with van der Waals surface area (Å²) in [6, 6.07) is 24.5. The highest BCUT2D eigenvalue weighted by Gasteiger charge is 2.28. The molecule has 0 aromatic heterocycles. The highest BCUT2D eigenvalue weighted by atomic mass is 32.2. The van der Waals surface area contributed by atoms with Crippen LogP contribution in [0.5, 0.6) is 0 Å². The van der Waals surface area contributed by atoms with Crippen LogP contribution in [0.1, 0.15) is 16.7 Å². The van der Waals surface area contributed by atoms with Gasteiger partial charge in [0.15, 0.2) is 0 Å². The zero-order valence-electron chi connectivity index (χ0n) is 18.6. The molecule has 166 valence electrons. The molecule has 0 N–H and O–H groups in total. The van der Waals surface area contributed by atoms with E-state index >= 15 is 0 Å². The molecule has 0 amide bonds. The molecule has 0 aliphatic carbocycles. The van der Waals surface area contributed by atoms with Gasteiger partial charge in [-0.25, -0.2) is 0 Å². The maximum absolute atomic E-state index is 11.7. The first-order chi connectivity index (χ1) is 16.5. The molecule has 2 aliphatic rings. The van der Waals surface area contributed by atoms with Gasteiger partial charge in [-0.15, -0.1) is 0 Å². The second kappa shape index (κ2) is 8.08. The van der Waals surface area contributed by atoms with Crippen LogP contribution >= 0.6 is 23.5 Å². The van der Waals surface area contributed by atoms with E-state index in [1.54, 1.807) is 35.7 Å². The third-order valence-corrected chi connectivity index (χ3v) is 8.29. The van der Waals surface area contributed by atoms with Crippen molar-refractivity contribution >= 4 is 56.8 Å². The van der Waals surface area contributed by atoms with E-state index in [9.17, 15) is 10.1 Å². The predicted molar refractivity (Wildman–Crippen MR) is 143 cm³/mol. The summed E-state index contributed by atoms with van der Waals surface area (Å²) in [7, 11) is 4.06. The van der Waals surface area contributed by atoms with Crippen LogP contribution in [0.3, 0.4) is 0 Å². The molecule has 2 aliphatic heterocycles. The number of nitro groups is 1. The summed E-state index contributed by atoms with van der Waals surface area (Å²) in [5.74, 6) is 0. The Bertz CT molecular complexity index is 1570. The third kappa shape index (κ3) is 3.33. The highest BCUT2D eigenvalue weighted by molar-refractivity contribution is 8.02. The number of allylic oxidation sites excluding steroid dienone is 2. The lowest BCUT2D eigenvalue weighted by atomic mass is 9.86. The van der Waals surface area contributed by atoms with E-state index < -0.39 is 0 Å². The Kier molecular flexibility index (Phi) is 5.01. The van der Waals surface area contributed by atoms with Crippen LogP contribution in [-0.2, 0) is 0 Å². The van der Waals surface area contributed by atoms with E-state index in [0.29, 0.717) is 0 Å². The molecule has 0 spiro atoms. The Morgan fingerprint density at radius 1 is 0.853 bits per heavy atom. The van der Waals surface area contributed by atoms with Gasteiger partial charge in [0, 0.05) is 57.7 Å². The van der Waals surface area contributed by atoms with Gasteiger partial charge in [0.1, 0.15) is 0 Å². The zero-order chi connectivity index (χ0) is 23.4. The molecule has 0 radical (unpaired) electrons. The smallest absolute Gasteiger partial charge is 0.270 e. The molecule has 0 unspecified atom stereocenters. The van der Waals surface area contributed by atoms with Crippen LogP contribution in [0.4, 0.5) is 11.4 Å². The standard InChI is InChI=1S/C28H20N2O2S2/c1-29(2)18-8-11-24-22(15-18)27(23-16-19(30(31)32)9-12-25(23)34-24)21-13-14-33-26-10-7-17-5-3-4-6-20(17)28(21)26/h3-16H,1-2H3/b27-21+. The first-order valence-electron chi connectivity index (χ1n) is 10.9. The molecule has 0 saturated heterocycles. The fourth-order valence-electron chi connectivity index (χ4n) is 4.64. The Morgan fingerprint density at radius 2 is 1.59 bits per heavy atom. The molecule has 6 heteroatoms. The minimum absolute atomic E-state index is 0.108. The van der Waals surface area contributed by atoms with Gasteiger partial charge < -0.3 is 4.90 Å². The topological polar surface area (TPSA) is 46.4 Å². The predicted octanol–water partition coefficient (Wildman–Crippen LogP) is 7.86. The molecule has 0 fully saturated rings. The highest BCUT2D eigenvalue weighted by Crippen LogP contribution is 2.52. The fourth-order valence-corrected chi connectivity index (χ4v) is 6.53. The first kappa shape index (κ1) is 21.1. The molecular weight excluding hydrogens is 460 g/mol. The number of non-ortho nitro benzene ring substituents is 1. The number of hydrogen-bond donors (Lipinski definition) is 0. The molecule has 0 bridgehead atoms. The third-order valence-electron chi connectivity index (χ3n) is 6.27. The molecule has 0 saturated carbocycles. The number of benzene rings is 4. The quantitative estimate of drug-likeness (QED) is 0.190. The van der Waals surface area contributed by atoms with Crippen LogP contribution in [-0.4, -0.2) is 19.0 Å². The molecule has 4 aromatic carbocycles. The minimum Gasteiger partial charge on any atom is -0.378 e. The number of rotatable bonds is 2. The minimum atomic E-state index is -0.311. The van der Waals surface area contributed by atoms with Crippen molar-refractivity contribution in [2.75, 3.05) is 19.0 Å². The van der Waals surface area contributed by atoms with Crippen LogP contribution in [0, 0.1) is 10.1 Å². The number of thioether (sulfide) groups is 1. The Balaban J connectivity index is 1.75. The van der Waals surface area contributed by atoms with E-state index in [4.69, 9.17) is 0 Å². The van der Waals surface area contributed by atoms with Crippen LogP contribution < -0.4 is 4.90 Å². The maximum atomic E-state index is 11.7. The Labute approximate surface area is 206 Å². The monoisotopic (exact) mass is 480 g/mol. The van der Waals surface area contributed by atoms with Gasteiger partial charge in [0.2, 0.25) is 0 Å². The summed E-state index contributed by atoms with van der Waals surface area (Å²) in [6.45, 7) is 0. The van der Waals surface area contributed by atoms with Crippen molar-refractivity contribution in [1.29, 1.82) is 0 Å². The lowest BCUT2D eigenvalue weighted by Gasteiger charge is -2.28. The van der Waals surface area contributed by atoms with Crippen molar-refractivity contribution in [3.63, 3.8) is 0 Å². The Hall–Kier alpha value is -3.48. The lowest BCUT2D eigenvalue weighted by molar-refractivity contribution is -0.384. The molecular formula is C28H20N2O2S2. The number of hydrogen-bond acceptors (Lipinski definition) is 5. The van der Waals surface area contributed by atoms with Crippen molar-refractivity contribution in [1.82, 2.24) is 0 Å². The van der Waals surface area contributed by atoms with Gasteiger partial charge in [-0.05, 0) is 69.3 Å². The first-order valence-corrected chi connectivity index (χ1v) is 12.6. The van der Waals surface area contributed by atoms with Crippen LogP contribution in [0.15, 0.2) is 99.0 Å². The molecule has 0 atom stereocenters. The summed E-state index contributed by atoms with van der Waals surface area (Å²) < 4.78 is 0. The number of anilines is 1. The van der Waals surface area contributed by atoms with Crippen molar-refractivity contribution in [2.24, 2.45) is 0 Å². The van der Waals surface area contributed by atoms with Gasteiger partial charge in [-0.3, -0.25) is 10.1 Å². The SMILES string of the molecule is CN(C)c1ccc2c(c1)/C(=C1/C=CSc3ccc4ccccc4c31)c1cc([N+](=O)[O-])ccc1S2. The average molecular weight is 481 g/mol. The summed E-state index contributed by atoms with van der Waals surface area (Å²) in [6.07, 6.45) is 2.17. The van der Waals surface area contributed by atoms with E-state index in [1.165, 1.54) is 21.2 Å². The van der Waals surface area contributed by atoms with Crippen molar-refractivity contribution in [3.8, 4) is 0 Å². The molecule has 34 heavy (non-hydrogen) atoms. The number of nitrogens with zero attached hydrogens (tertiary/aromatic N) is 2. The second-order valence-corrected chi connectivity index (χ2v) is 10.5. The zero-order valence-corrected chi connectivity index (χ0v) is 20.2.